The molecule has 0 unspecified atom stereocenters. The molecule has 0 aromatic heterocycles. The normalized spacial score (nSPS) is 11.2. The van der Waals surface area contributed by atoms with Gasteiger partial charge in [-0.15, -0.1) is 0 Å². The van der Waals surface area contributed by atoms with E-state index in [1.54, 1.807) is 0 Å². The number of benzene rings is 1. The summed E-state index contributed by atoms with van der Waals surface area (Å²) in [5, 5.41) is 22.1. The molecule has 0 saturated carbocycles. The number of halogens is 3. The Morgan fingerprint density at radius 1 is 1.43 bits per heavy atom. The lowest BCUT2D eigenvalue weighted by molar-refractivity contribution is -0.385. The van der Waals surface area contributed by atoms with Gasteiger partial charge in [-0.3, -0.25) is 14.9 Å². The van der Waals surface area contributed by atoms with Crippen LogP contribution in [0.5, 0.6) is 5.75 Å². The molecule has 116 valence electrons. The Bertz CT molecular complexity index is 533. The van der Waals surface area contributed by atoms with Crippen molar-refractivity contribution in [2.75, 3.05) is 19.8 Å². The number of carbonyl (C=O) groups excluding carboxylic acids is 1. The van der Waals surface area contributed by atoms with Crippen LogP contribution in [-0.4, -0.2) is 41.9 Å². The molecular weight excluding hydrogens is 297 g/mol. The molecule has 0 heterocycles. The van der Waals surface area contributed by atoms with Crippen molar-refractivity contribution in [3.63, 3.8) is 0 Å². The number of nitro benzene ring substituents is 1. The average molecular weight is 308 g/mol. The number of ether oxygens (including phenoxy) is 1. The Hall–Kier alpha value is -2.36. The zero-order valence-electron chi connectivity index (χ0n) is 10.5. The van der Waals surface area contributed by atoms with Crippen LogP contribution in [0.3, 0.4) is 0 Å². The number of nitrogens with one attached hydrogen (secondary N) is 1. The molecule has 0 aliphatic heterocycles. The number of hydrogen-bond donors (Lipinski definition) is 2. The fourth-order valence-corrected chi connectivity index (χ4v) is 1.38. The second kappa shape index (κ2) is 6.88. The zero-order valence-corrected chi connectivity index (χ0v) is 10.5. The van der Waals surface area contributed by atoms with Crippen molar-refractivity contribution in [1.82, 2.24) is 5.32 Å². The lowest BCUT2D eigenvalue weighted by Crippen LogP contribution is -2.29. The summed E-state index contributed by atoms with van der Waals surface area (Å²) in [7, 11) is 0. The maximum Gasteiger partial charge on any atom is 0.411 e. The van der Waals surface area contributed by atoms with Gasteiger partial charge in [-0.05, 0) is 12.1 Å². The van der Waals surface area contributed by atoms with Gasteiger partial charge in [-0.25, -0.2) is 0 Å². The first kappa shape index (κ1) is 16.7. The van der Waals surface area contributed by atoms with Crippen LogP contribution < -0.4 is 5.32 Å². The fourth-order valence-electron chi connectivity index (χ4n) is 1.38. The Kier molecular flexibility index (Phi) is 5.47. The standard InChI is InChI=1S/C11H11F3N2O5/c12-11(13,14)6-21-4-3-15-10(18)8-5-7(17)1-2-9(8)16(19)20/h1-2,5,17H,3-4,6H2,(H,15,18). The highest BCUT2D eigenvalue weighted by molar-refractivity contribution is 5.98. The summed E-state index contributed by atoms with van der Waals surface area (Å²) >= 11 is 0. The molecule has 0 bridgehead atoms. The Morgan fingerprint density at radius 2 is 2.10 bits per heavy atom. The molecule has 2 N–H and O–H groups in total. The maximum absolute atomic E-state index is 11.8. The summed E-state index contributed by atoms with van der Waals surface area (Å²) in [5.74, 6) is -1.24. The van der Waals surface area contributed by atoms with E-state index in [1.807, 2.05) is 0 Å². The molecule has 0 aliphatic rings. The molecule has 0 fully saturated rings. The Labute approximate surface area is 116 Å². The smallest absolute Gasteiger partial charge is 0.411 e. The van der Waals surface area contributed by atoms with Crippen LogP contribution in [0.2, 0.25) is 0 Å². The highest BCUT2D eigenvalue weighted by Crippen LogP contribution is 2.23. The van der Waals surface area contributed by atoms with E-state index in [4.69, 9.17) is 0 Å². The quantitative estimate of drug-likeness (QED) is 0.472. The predicted molar refractivity (Wildman–Crippen MR) is 64.0 cm³/mol. The number of hydrogen-bond acceptors (Lipinski definition) is 5. The van der Waals surface area contributed by atoms with Gasteiger partial charge in [0.15, 0.2) is 0 Å². The third-order valence-electron chi connectivity index (χ3n) is 2.22. The number of rotatable bonds is 6. The topological polar surface area (TPSA) is 102 Å². The van der Waals surface area contributed by atoms with Gasteiger partial charge in [0.05, 0.1) is 11.5 Å². The van der Waals surface area contributed by atoms with Gasteiger partial charge < -0.3 is 15.2 Å². The average Bonchev–Trinajstić information content (AvgIpc) is 2.36. The van der Waals surface area contributed by atoms with Crippen LogP contribution in [0.25, 0.3) is 0 Å². The maximum atomic E-state index is 11.8. The van der Waals surface area contributed by atoms with E-state index in [0.717, 1.165) is 18.2 Å². The lowest BCUT2D eigenvalue weighted by atomic mass is 10.1. The van der Waals surface area contributed by atoms with Crippen molar-refractivity contribution >= 4 is 11.6 Å². The first-order chi connectivity index (χ1) is 9.70. The lowest BCUT2D eigenvalue weighted by Gasteiger charge is -2.09. The van der Waals surface area contributed by atoms with E-state index < -0.39 is 41.5 Å². The first-order valence-corrected chi connectivity index (χ1v) is 5.61. The molecule has 0 spiro atoms. The number of carbonyl (C=O) groups is 1. The molecule has 1 aromatic carbocycles. The van der Waals surface area contributed by atoms with Gasteiger partial charge >= 0.3 is 6.18 Å². The van der Waals surface area contributed by atoms with Crippen molar-refractivity contribution in [2.45, 2.75) is 6.18 Å². The van der Waals surface area contributed by atoms with Gasteiger partial charge in [0, 0.05) is 12.6 Å². The summed E-state index contributed by atoms with van der Waals surface area (Å²) in [6.45, 7) is -2.12. The predicted octanol–water partition coefficient (Wildman–Crippen LogP) is 1.61. The van der Waals surface area contributed by atoms with Crippen LogP contribution in [0.4, 0.5) is 18.9 Å². The minimum Gasteiger partial charge on any atom is -0.508 e. The number of nitrogens with zero attached hydrogens (tertiary/aromatic N) is 1. The second-order valence-electron chi connectivity index (χ2n) is 3.88. The molecule has 1 aromatic rings. The molecule has 7 nitrogen and oxygen atoms in total. The Balaban J connectivity index is 2.56. The minimum atomic E-state index is -4.46. The van der Waals surface area contributed by atoms with E-state index in [-0.39, 0.29) is 12.3 Å². The van der Waals surface area contributed by atoms with Crippen LogP contribution in [0.1, 0.15) is 10.4 Å². The third kappa shape index (κ3) is 5.65. The van der Waals surface area contributed by atoms with Crippen molar-refractivity contribution in [3.8, 4) is 5.75 Å². The molecule has 10 heteroatoms. The number of phenolic OH excluding ortho intramolecular Hbond substituents is 1. The van der Waals surface area contributed by atoms with Crippen molar-refractivity contribution < 1.29 is 32.7 Å². The van der Waals surface area contributed by atoms with Crippen molar-refractivity contribution in [1.29, 1.82) is 0 Å². The van der Waals surface area contributed by atoms with Gasteiger partial charge in [0.1, 0.15) is 17.9 Å². The van der Waals surface area contributed by atoms with Crippen LogP contribution in [-0.2, 0) is 4.74 Å². The molecule has 1 amide bonds. The van der Waals surface area contributed by atoms with E-state index in [0.29, 0.717) is 0 Å². The largest absolute Gasteiger partial charge is 0.508 e. The zero-order chi connectivity index (χ0) is 16.0. The number of aromatic hydroxyl groups is 1. The van der Waals surface area contributed by atoms with Gasteiger partial charge in [0.2, 0.25) is 0 Å². The molecule has 0 radical (unpaired) electrons. The molecule has 21 heavy (non-hydrogen) atoms. The first-order valence-electron chi connectivity index (χ1n) is 5.61. The highest BCUT2D eigenvalue weighted by Gasteiger charge is 2.27. The van der Waals surface area contributed by atoms with Gasteiger partial charge in [-0.2, -0.15) is 13.2 Å². The molecule has 1 rings (SSSR count). The number of phenols is 1. The highest BCUT2D eigenvalue weighted by atomic mass is 19.4. The monoisotopic (exact) mass is 308 g/mol. The van der Waals surface area contributed by atoms with E-state index in [2.05, 4.69) is 10.1 Å². The third-order valence-corrected chi connectivity index (χ3v) is 2.22. The second-order valence-corrected chi connectivity index (χ2v) is 3.88. The molecule has 0 saturated heterocycles. The van der Waals surface area contributed by atoms with Crippen LogP contribution in [0, 0.1) is 10.1 Å². The summed E-state index contributed by atoms with van der Waals surface area (Å²) in [6.07, 6.45) is -4.46. The van der Waals surface area contributed by atoms with Crippen LogP contribution in [0.15, 0.2) is 18.2 Å². The van der Waals surface area contributed by atoms with E-state index in [9.17, 15) is 33.2 Å². The van der Waals surface area contributed by atoms with E-state index >= 15 is 0 Å². The number of alkyl halides is 3. The summed E-state index contributed by atoms with van der Waals surface area (Å²) in [6, 6.07) is 2.88. The summed E-state index contributed by atoms with van der Waals surface area (Å²) < 4.78 is 39.6. The SMILES string of the molecule is O=C(NCCOCC(F)(F)F)c1cc(O)ccc1[N+](=O)[O-]. The van der Waals surface area contributed by atoms with Crippen LogP contribution >= 0.6 is 0 Å². The van der Waals surface area contributed by atoms with Gasteiger partial charge in [0.25, 0.3) is 11.6 Å². The molecule has 0 atom stereocenters. The number of amides is 1. The molecule has 0 aliphatic carbocycles. The van der Waals surface area contributed by atoms with E-state index in [1.165, 1.54) is 0 Å². The fraction of sp³-hybridized carbons (Fsp3) is 0.364. The summed E-state index contributed by atoms with van der Waals surface area (Å²) in [4.78, 5) is 21.6. The molecular formula is C11H11F3N2O5. The van der Waals surface area contributed by atoms with Crippen molar-refractivity contribution in [3.05, 3.63) is 33.9 Å². The summed E-state index contributed by atoms with van der Waals surface area (Å²) in [5.41, 5.74) is -0.919. The van der Waals surface area contributed by atoms with Gasteiger partial charge in [-0.1, -0.05) is 0 Å². The Morgan fingerprint density at radius 3 is 2.67 bits per heavy atom. The van der Waals surface area contributed by atoms with Crippen molar-refractivity contribution in [2.24, 2.45) is 0 Å². The minimum absolute atomic E-state index is 0.262. The number of nitro groups is 1.